The monoisotopic (exact) mass is 357 g/mol. The van der Waals surface area contributed by atoms with Crippen molar-refractivity contribution in [2.45, 2.75) is 24.9 Å². The van der Waals surface area contributed by atoms with Crippen LogP contribution in [0.2, 0.25) is 0 Å². The summed E-state index contributed by atoms with van der Waals surface area (Å²) in [6, 6.07) is 19.4. The second kappa shape index (κ2) is 8.84. The van der Waals surface area contributed by atoms with Gasteiger partial charge in [-0.25, -0.2) is 0 Å². The fourth-order valence-corrected chi connectivity index (χ4v) is 3.05. The fourth-order valence-electron chi connectivity index (χ4n) is 3.05. The summed E-state index contributed by atoms with van der Waals surface area (Å²) >= 11 is 0. The second-order valence-corrected chi connectivity index (χ2v) is 6.45. The van der Waals surface area contributed by atoms with E-state index in [0.29, 0.717) is 18.4 Å². The van der Waals surface area contributed by atoms with E-state index in [1.54, 1.807) is 0 Å². The maximum Gasteiger partial charge on any atom is 0.165 e. The lowest BCUT2D eigenvalue weighted by Gasteiger charge is -2.37. The molecule has 132 valence electrons. The Labute approximate surface area is 155 Å². The number of likely N-dealkylation sites (tertiary alicyclic amines) is 1. The summed E-state index contributed by atoms with van der Waals surface area (Å²) in [6.45, 7) is 1.53. The van der Waals surface area contributed by atoms with Crippen LogP contribution in [0.5, 0.6) is 0 Å². The molecule has 0 bridgehead atoms. The van der Waals surface area contributed by atoms with E-state index in [0.717, 1.165) is 18.7 Å². The van der Waals surface area contributed by atoms with E-state index in [1.807, 2.05) is 48.5 Å². The number of hydrogen-bond acceptors (Lipinski definition) is 3. The predicted molar refractivity (Wildman–Crippen MR) is 104 cm³/mol. The highest BCUT2D eigenvalue weighted by Crippen LogP contribution is 2.27. The molecule has 0 spiro atoms. The van der Waals surface area contributed by atoms with E-state index in [9.17, 15) is 9.90 Å². The minimum atomic E-state index is -0.885. The molecule has 0 aliphatic carbocycles. The summed E-state index contributed by atoms with van der Waals surface area (Å²) < 4.78 is 0. The molecule has 0 aromatic heterocycles. The highest BCUT2D eigenvalue weighted by Gasteiger charge is 2.33. The molecule has 2 aromatic carbocycles. The standard InChI is InChI=1S/C21H23NO2.ClH/c23-20(19-9-5-2-6-10-19)17-21(24)12-15-22(16-13-21)14-11-18-7-3-1-4-8-18;/h1-11,14,24H,12-13,15-17H2;1H. The SMILES string of the molecule is Cl.O=C(CC1(O)CCN(C=Cc2ccccc2)CC1)c1ccccc1. The van der Waals surface area contributed by atoms with Crippen LogP contribution in [0, 0.1) is 0 Å². The molecule has 0 amide bonds. The molecule has 25 heavy (non-hydrogen) atoms. The quantitative estimate of drug-likeness (QED) is 0.816. The van der Waals surface area contributed by atoms with Crippen LogP contribution in [0.25, 0.3) is 6.08 Å². The molecule has 0 radical (unpaired) electrons. The average molecular weight is 358 g/mol. The molecule has 1 fully saturated rings. The molecule has 1 saturated heterocycles. The summed E-state index contributed by atoms with van der Waals surface area (Å²) in [5.74, 6) is 0.0198. The lowest BCUT2D eigenvalue weighted by Crippen LogP contribution is -2.43. The van der Waals surface area contributed by atoms with Crippen LogP contribution in [0.15, 0.2) is 66.9 Å². The number of hydrogen-bond donors (Lipinski definition) is 1. The molecule has 3 nitrogen and oxygen atoms in total. The number of nitrogens with zero attached hydrogens (tertiary/aromatic N) is 1. The Morgan fingerprint density at radius 1 is 1.00 bits per heavy atom. The minimum absolute atomic E-state index is 0. The number of rotatable bonds is 5. The van der Waals surface area contributed by atoms with Crippen LogP contribution < -0.4 is 0 Å². The zero-order chi connectivity index (χ0) is 16.8. The highest BCUT2D eigenvalue weighted by atomic mass is 35.5. The summed E-state index contributed by atoms with van der Waals surface area (Å²) in [5.41, 5.74) is 0.958. The molecule has 1 aliphatic heterocycles. The first-order valence-corrected chi connectivity index (χ1v) is 8.43. The third-order valence-electron chi connectivity index (χ3n) is 4.59. The van der Waals surface area contributed by atoms with Crippen molar-refractivity contribution in [1.29, 1.82) is 0 Å². The first kappa shape index (κ1) is 19.2. The summed E-state index contributed by atoms with van der Waals surface area (Å²) in [5, 5.41) is 10.7. The van der Waals surface area contributed by atoms with Gasteiger partial charge in [-0.1, -0.05) is 60.7 Å². The van der Waals surface area contributed by atoms with Crippen molar-refractivity contribution in [1.82, 2.24) is 4.90 Å². The number of halogens is 1. The van der Waals surface area contributed by atoms with Gasteiger partial charge in [0.2, 0.25) is 0 Å². The Kier molecular flexibility index (Phi) is 6.80. The van der Waals surface area contributed by atoms with Crippen LogP contribution >= 0.6 is 12.4 Å². The molecular formula is C21H24ClNO2. The number of ketones is 1. The van der Waals surface area contributed by atoms with Crippen molar-refractivity contribution in [3.05, 3.63) is 78.0 Å². The van der Waals surface area contributed by atoms with Crippen molar-refractivity contribution in [3.8, 4) is 0 Å². The molecule has 3 rings (SSSR count). The van der Waals surface area contributed by atoms with Crippen molar-refractivity contribution in [2.24, 2.45) is 0 Å². The lowest BCUT2D eigenvalue weighted by atomic mass is 9.85. The van der Waals surface area contributed by atoms with Gasteiger partial charge in [-0.2, -0.15) is 0 Å². The first-order valence-electron chi connectivity index (χ1n) is 8.43. The maximum atomic E-state index is 12.3. The van der Waals surface area contributed by atoms with Crippen LogP contribution in [0.4, 0.5) is 0 Å². The molecule has 1 heterocycles. The number of benzene rings is 2. The van der Waals surface area contributed by atoms with E-state index in [-0.39, 0.29) is 24.6 Å². The largest absolute Gasteiger partial charge is 0.389 e. The molecule has 0 atom stereocenters. The second-order valence-electron chi connectivity index (χ2n) is 6.45. The number of Topliss-reactive ketones (excluding diaryl/α,β-unsaturated/α-hetero) is 1. The Balaban J connectivity index is 0.00000225. The van der Waals surface area contributed by atoms with Crippen LogP contribution in [0.1, 0.15) is 35.2 Å². The average Bonchev–Trinajstić information content (AvgIpc) is 2.63. The van der Waals surface area contributed by atoms with Gasteiger partial charge in [0.15, 0.2) is 5.78 Å². The number of carbonyl (C=O) groups excluding carboxylic acids is 1. The molecular weight excluding hydrogens is 334 g/mol. The summed E-state index contributed by atoms with van der Waals surface area (Å²) in [7, 11) is 0. The molecule has 0 saturated carbocycles. The van der Waals surface area contributed by atoms with Gasteiger partial charge in [0.25, 0.3) is 0 Å². The van der Waals surface area contributed by atoms with Gasteiger partial charge < -0.3 is 10.0 Å². The molecule has 2 aromatic rings. The Morgan fingerprint density at radius 2 is 1.56 bits per heavy atom. The van der Waals surface area contributed by atoms with Crippen molar-refractivity contribution < 1.29 is 9.90 Å². The molecule has 0 unspecified atom stereocenters. The summed E-state index contributed by atoms with van der Waals surface area (Å²) in [4.78, 5) is 14.5. The van der Waals surface area contributed by atoms with E-state index in [1.165, 1.54) is 0 Å². The highest BCUT2D eigenvalue weighted by molar-refractivity contribution is 5.96. The third kappa shape index (κ3) is 5.45. The Morgan fingerprint density at radius 3 is 2.16 bits per heavy atom. The third-order valence-corrected chi connectivity index (χ3v) is 4.59. The van der Waals surface area contributed by atoms with E-state index >= 15 is 0 Å². The van der Waals surface area contributed by atoms with Gasteiger partial charge in [-0.15, -0.1) is 12.4 Å². The summed E-state index contributed by atoms with van der Waals surface area (Å²) in [6.07, 6.45) is 5.59. The van der Waals surface area contributed by atoms with E-state index in [4.69, 9.17) is 0 Å². The molecule has 1 aliphatic rings. The van der Waals surface area contributed by atoms with E-state index in [2.05, 4.69) is 29.3 Å². The fraction of sp³-hybridized carbons (Fsp3) is 0.286. The lowest BCUT2D eigenvalue weighted by molar-refractivity contribution is -0.0132. The first-order chi connectivity index (χ1) is 11.6. The van der Waals surface area contributed by atoms with Crippen LogP contribution in [0.3, 0.4) is 0 Å². The Bertz CT molecular complexity index is 692. The van der Waals surface area contributed by atoms with Gasteiger partial charge >= 0.3 is 0 Å². The van der Waals surface area contributed by atoms with Gasteiger partial charge in [0.1, 0.15) is 0 Å². The molecule has 4 heteroatoms. The minimum Gasteiger partial charge on any atom is -0.389 e. The topological polar surface area (TPSA) is 40.5 Å². The zero-order valence-corrected chi connectivity index (χ0v) is 15.0. The predicted octanol–water partition coefficient (Wildman–Crippen LogP) is 4.18. The van der Waals surface area contributed by atoms with Gasteiger partial charge in [-0.3, -0.25) is 4.79 Å². The number of piperidine rings is 1. The van der Waals surface area contributed by atoms with Gasteiger partial charge in [0.05, 0.1) is 5.60 Å². The normalized spacial score (nSPS) is 16.4. The van der Waals surface area contributed by atoms with E-state index < -0.39 is 5.60 Å². The van der Waals surface area contributed by atoms with Gasteiger partial charge in [-0.05, 0) is 30.7 Å². The smallest absolute Gasteiger partial charge is 0.165 e. The van der Waals surface area contributed by atoms with Crippen molar-refractivity contribution >= 4 is 24.3 Å². The number of carbonyl (C=O) groups is 1. The maximum absolute atomic E-state index is 12.3. The van der Waals surface area contributed by atoms with Crippen molar-refractivity contribution in [2.75, 3.05) is 13.1 Å². The number of aliphatic hydroxyl groups is 1. The zero-order valence-electron chi connectivity index (χ0n) is 14.2. The Hall–Kier alpha value is -2.10. The van der Waals surface area contributed by atoms with Crippen molar-refractivity contribution in [3.63, 3.8) is 0 Å². The van der Waals surface area contributed by atoms with Crippen LogP contribution in [-0.4, -0.2) is 34.5 Å². The van der Waals surface area contributed by atoms with Gasteiger partial charge in [0, 0.05) is 25.1 Å². The van der Waals surface area contributed by atoms with Crippen LogP contribution in [-0.2, 0) is 0 Å². The molecule has 1 N–H and O–H groups in total.